The molecule has 0 radical (unpaired) electrons. The molecule has 0 amide bonds. The summed E-state index contributed by atoms with van der Waals surface area (Å²) in [6, 6.07) is 0. The summed E-state index contributed by atoms with van der Waals surface area (Å²) < 4.78 is 28.5. The van der Waals surface area contributed by atoms with Gasteiger partial charge in [-0.25, -0.2) is 4.79 Å². The van der Waals surface area contributed by atoms with Crippen LogP contribution in [0.4, 0.5) is 0 Å². The molecule has 0 fully saturated rings. The standard InChI is InChI=1S/C27H54O6PS/c1-6-9-11-13-14-15-16-18-20-23-35-25(21-19-17-12-10-7-2)24(4)33-34(30)27(29,26(28)31-5)32-22-8-3/h24-25,29H,6-23H2,1-5H3/q+1. The molecule has 0 bridgehead atoms. The summed E-state index contributed by atoms with van der Waals surface area (Å²) in [4.78, 5) is 12.1. The number of carbonyl (C=O) groups excluding carboxylic acids is 1. The van der Waals surface area contributed by atoms with Gasteiger partial charge in [-0.2, -0.15) is 11.8 Å². The van der Waals surface area contributed by atoms with Crippen LogP contribution in [0.15, 0.2) is 0 Å². The first-order valence-electron chi connectivity index (χ1n) is 14.1. The average Bonchev–Trinajstić information content (AvgIpc) is 2.86. The molecule has 8 heteroatoms. The third-order valence-electron chi connectivity index (χ3n) is 6.16. The van der Waals surface area contributed by atoms with E-state index in [2.05, 4.69) is 18.6 Å². The van der Waals surface area contributed by atoms with Crippen LogP contribution >= 0.6 is 19.8 Å². The van der Waals surface area contributed by atoms with Crippen LogP contribution in [-0.2, 0) is 23.4 Å². The second kappa shape index (κ2) is 23.0. The molecule has 0 spiro atoms. The van der Waals surface area contributed by atoms with Crippen LogP contribution in [0, 0.1) is 0 Å². The van der Waals surface area contributed by atoms with Crippen molar-refractivity contribution in [2.75, 3.05) is 19.5 Å². The third-order valence-corrected chi connectivity index (χ3v) is 9.07. The quantitative estimate of drug-likeness (QED) is 0.0542. The van der Waals surface area contributed by atoms with Crippen molar-refractivity contribution in [3.05, 3.63) is 0 Å². The van der Waals surface area contributed by atoms with E-state index in [1.807, 2.05) is 25.6 Å². The Balaban J connectivity index is 4.72. The van der Waals surface area contributed by atoms with E-state index >= 15 is 0 Å². The average molecular weight is 538 g/mol. The third kappa shape index (κ3) is 16.3. The largest absolute Gasteiger partial charge is 0.589 e. The number of ether oxygens (including phenoxy) is 2. The maximum atomic E-state index is 12.9. The van der Waals surface area contributed by atoms with Crippen LogP contribution in [0.5, 0.6) is 0 Å². The van der Waals surface area contributed by atoms with Gasteiger partial charge in [0.15, 0.2) is 0 Å². The summed E-state index contributed by atoms with van der Waals surface area (Å²) in [7, 11) is -1.68. The lowest BCUT2D eigenvalue weighted by Gasteiger charge is -2.21. The van der Waals surface area contributed by atoms with Gasteiger partial charge in [0.1, 0.15) is 6.10 Å². The van der Waals surface area contributed by atoms with Crippen molar-refractivity contribution in [1.29, 1.82) is 0 Å². The van der Waals surface area contributed by atoms with E-state index in [9.17, 15) is 14.5 Å². The van der Waals surface area contributed by atoms with Crippen LogP contribution < -0.4 is 0 Å². The number of aliphatic hydroxyl groups is 1. The van der Waals surface area contributed by atoms with Gasteiger partial charge in [-0.15, -0.1) is 4.52 Å². The van der Waals surface area contributed by atoms with E-state index < -0.39 is 19.5 Å². The summed E-state index contributed by atoms with van der Waals surface area (Å²) in [5, 5.41) is 10.8. The fourth-order valence-electron chi connectivity index (χ4n) is 3.90. The Kier molecular flexibility index (Phi) is 22.8. The maximum absolute atomic E-state index is 12.9. The summed E-state index contributed by atoms with van der Waals surface area (Å²) in [5.74, 6) is -0.0502. The predicted molar refractivity (Wildman–Crippen MR) is 148 cm³/mol. The van der Waals surface area contributed by atoms with Crippen molar-refractivity contribution in [1.82, 2.24) is 0 Å². The Labute approximate surface area is 220 Å². The second-order valence-corrected chi connectivity index (χ2v) is 12.1. The zero-order valence-electron chi connectivity index (χ0n) is 23.2. The van der Waals surface area contributed by atoms with Crippen LogP contribution in [0.25, 0.3) is 0 Å². The number of esters is 1. The molecule has 4 atom stereocenters. The molecule has 1 N–H and O–H groups in total. The molecule has 0 aliphatic heterocycles. The molecule has 35 heavy (non-hydrogen) atoms. The summed E-state index contributed by atoms with van der Waals surface area (Å²) in [5.41, 5.74) is -2.57. The lowest BCUT2D eigenvalue weighted by atomic mass is 10.1. The molecule has 0 aromatic rings. The highest BCUT2D eigenvalue weighted by Crippen LogP contribution is 2.43. The van der Waals surface area contributed by atoms with Crippen molar-refractivity contribution in [3.8, 4) is 0 Å². The van der Waals surface area contributed by atoms with E-state index in [4.69, 9.17) is 9.26 Å². The van der Waals surface area contributed by atoms with Gasteiger partial charge < -0.3 is 9.84 Å². The van der Waals surface area contributed by atoms with Gasteiger partial charge in [0.25, 0.3) is 0 Å². The van der Waals surface area contributed by atoms with Crippen LogP contribution in [0.1, 0.15) is 130 Å². The molecule has 6 nitrogen and oxygen atoms in total. The van der Waals surface area contributed by atoms with Crippen LogP contribution in [0.3, 0.4) is 0 Å². The van der Waals surface area contributed by atoms with Crippen molar-refractivity contribution >= 4 is 25.8 Å². The number of thioether (sulfide) groups is 1. The number of carbonyl (C=O) groups is 1. The fraction of sp³-hybridized carbons (Fsp3) is 0.963. The van der Waals surface area contributed by atoms with Gasteiger partial charge in [0, 0.05) is 5.25 Å². The summed E-state index contributed by atoms with van der Waals surface area (Å²) in [6.45, 7) is 8.26. The molecule has 0 aliphatic rings. The zero-order chi connectivity index (χ0) is 26.4. The Morgan fingerprint density at radius 3 is 1.89 bits per heavy atom. The number of rotatable bonds is 25. The smallest absolute Gasteiger partial charge is 0.461 e. The van der Waals surface area contributed by atoms with Crippen molar-refractivity contribution in [2.24, 2.45) is 0 Å². The fourth-order valence-corrected chi connectivity index (χ4v) is 6.35. The Morgan fingerprint density at radius 1 is 0.857 bits per heavy atom. The van der Waals surface area contributed by atoms with Gasteiger partial charge in [0.05, 0.1) is 13.7 Å². The number of methoxy groups -OCH3 is 1. The number of hydrogen-bond donors (Lipinski definition) is 1. The summed E-state index contributed by atoms with van der Waals surface area (Å²) in [6.07, 6.45) is 18.8. The highest BCUT2D eigenvalue weighted by atomic mass is 32.2. The molecule has 0 rings (SSSR count). The minimum Gasteiger partial charge on any atom is -0.461 e. The lowest BCUT2D eigenvalue weighted by Crippen LogP contribution is -2.40. The molecule has 208 valence electrons. The van der Waals surface area contributed by atoms with Crippen molar-refractivity contribution < 1.29 is 28.5 Å². The first-order valence-corrected chi connectivity index (χ1v) is 16.3. The molecular formula is C27H54O6PS+. The van der Waals surface area contributed by atoms with Gasteiger partial charge in [0.2, 0.25) is 0 Å². The molecule has 0 aromatic heterocycles. The van der Waals surface area contributed by atoms with Gasteiger partial charge in [-0.1, -0.05) is 104 Å². The number of hydrogen-bond acceptors (Lipinski definition) is 7. The predicted octanol–water partition coefficient (Wildman–Crippen LogP) is 8.37. The first-order chi connectivity index (χ1) is 16.9. The SMILES string of the molecule is CCCCCCCCCCCSC(CCCCCCC)C(C)O[P+](=O)C(O)(OCCC)C(=O)OC. The molecule has 0 aromatic carbocycles. The van der Waals surface area contributed by atoms with E-state index in [1.54, 1.807) is 0 Å². The number of unbranched alkanes of at least 4 members (excludes halogenated alkanes) is 12. The second-order valence-electron chi connectivity index (χ2n) is 9.46. The minimum absolute atomic E-state index is 0.0820. The molecule has 0 heterocycles. The van der Waals surface area contributed by atoms with Crippen LogP contribution in [-0.4, -0.2) is 47.4 Å². The molecular weight excluding hydrogens is 483 g/mol. The van der Waals surface area contributed by atoms with E-state index in [1.165, 1.54) is 77.0 Å². The Hall–Kier alpha value is -0.200. The van der Waals surface area contributed by atoms with Gasteiger partial charge in [-0.05, 0) is 36.5 Å². The van der Waals surface area contributed by atoms with E-state index in [-0.39, 0.29) is 18.0 Å². The molecule has 0 saturated heterocycles. The van der Waals surface area contributed by atoms with Crippen molar-refractivity contribution in [3.63, 3.8) is 0 Å². The summed E-state index contributed by atoms with van der Waals surface area (Å²) >= 11 is 1.86. The van der Waals surface area contributed by atoms with E-state index in [0.717, 1.165) is 32.1 Å². The Bertz CT molecular complexity index is 536. The monoisotopic (exact) mass is 537 g/mol. The molecule has 0 aliphatic carbocycles. The van der Waals surface area contributed by atoms with Gasteiger partial charge in [-0.3, -0.25) is 4.74 Å². The molecule has 0 saturated carbocycles. The lowest BCUT2D eigenvalue weighted by molar-refractivity contribution is -0.196. The topological polar surface area (TPSA) is 82.1 Å². The highest BCUT2D eigenvalue weighted by molar-refractivity contribution is 7.99. The maximum Gasteiger partial charge on any atom is 0.589 e. The zero-order valence-corrected chi connectivity index (χ0v) is 24.9. The highest BCUT2D eigenvalue weighted by Gasteiger charge is 2.62. The first kappa shape index (κ1) is 34.8. The van der Waals surface area contributed by atoms with Gasteiger partial charge >= 0.3 is 19.5 Å². The normalized spacial score (nSPS) is 15.4. The molecule has 4 unspecified atom stereocenters. The van der Waals surface area contributed by atoms with Crippen LogP contribution in [0.2, 0.25) is 0 Å². The minimum atomic E-state index is -2.82. The Morgan fingerprint density at radius 2 is 1.37 bits per heavy atom. The van der Waals surface area contributed by atoms with E-state index in [0.29, 0.717) is 6.42 Å². The van der Waals surface area contributed by atoms with Crippen molar-refractivity contribution in [2.45, 2.75) is 147 Å².